The van der Waals surface area contributed by atoms with Gasteiger partial charge in [-0.25, -0.2) is 4.39 Å². The lowest BCUT2D eigenvalue weighted by Crippen LogP contribution is -2.41. The van der Waals surface area contributed by atoms with E-state index in [0.29, 0.717) is 42.8 Å². The summed E-state index contributed by atoms with van der Waals surface area (Å²) in [6.45, 7) is 2.36. The van der Waals surface area contributed by atoms with Crippen LogP contribution in [-0.2, 0) is 4.79 Å². The quantitative estimate of drug-likeness (QED) is 0.470. The van der Waals surface area contributed by atoms with Gasteiger partial charge in [-0.15, -0.1) is 0 Å². The predicted molar refractivity (Wildman–Crippen MR) is 97.1 cm³/mol. The number of nitrogens with zero attached hydrogens (tertiary/aromatic N) is 1. The van der Waals surface area contributed by atoms with Gasteiger partial charge in [0.15, 0.2) is 5.78 Å². The van der Waals surface area contributed by atoms with Gasteiger partial charge in [0.25, 0.3) is 5.91 Å². The van der Waals surface area contributed by atoms with E-state index in [1.807, 2.05) is 0 Å². The van der Waals surface area contributed by atoms with Crippen molar-refractivity contribution in [3.63, 3.8) is 0 Å². The molecule has 0 atom stereocenters. The van der Waals surface area contributed by atoms with Crippen molar-refractivity contribution in [2.24, 2.45) is 5.92 Å². The summed E-state index contributed by atoms with van der Waals surface area (Å²) < 4.78 is 18.4. The van der Waals surface area contributed by atoms with Crippen LogP contribution in [0.25, 0.3) is 0 Å². The molecular formula is C21H20FNO4. The minimum atomic E-state index is -0.385. The Labute approximate surface area is 156 Å². The van der Waals surface area contributed by atoms with Crippen molar-refractivity contribution in [1.29, 1.82) is 0 Å². The number of benzene rings is 2. The van der Waals surface area contributed by atoms with Crippen LogP contribution in [0, 0.1) is 11.7 Å². The lowest BCUT2D eigenvalue weighted by molar-refractivity contribution is -0.140. The van der Waals surface area contributed by atoms with E-state index in [9.17, 15) is 18.8 Å². The molecule has 1 heterocycles. The molecule has 1 aliphatic rings. The molecule has 1 fully saturated rings. The Morgan fingerprint density at radius 3 is 2.04 bits per heavy atom. The fourth-order valence-electron chi connectivity index (χ4n) is 3.05. The number of hydrogen-bond acceptors (Lipinski definition) is 4. The molecule has 1 amide bonds. The van der Waals surface area contributed by atoms with Crippen molar-refractivity contribution in [3.05, 3.63) is 65.5 Å². The summed E-state index contributed by atoms with van der Waals surface area (Å²) in [5.41, 5.74) is 0.991. The number of likely N-dealkylation sites (tertiary alicyclic amines) is 1. The van der Waals surface area contributed by atoms with Crippen molar-refractivity contribution in [1.82, 2.24) is 4.90 Å². The highest BCUT2D eigenvalue weighted by Gasteiger charge is 2.29. The number of amides is 1. The third-order valence-electron chi connectivity index (χ3n) is 4.69. The molecule has 1 aliphatic heterocycles. The Bertz CT molecular complexity index is 837. The molecule has 2 aromatic rings. The van der Waals surface area contributed by atoms with Crippen LogP contribution in [-0.4, -0.2) is 35.6 Å². The maximum absolute atomic E-state index is 13.0. The molecule has 0 spiro atoms. The van der Waals surface area contributed by atoms with Crippen LogP contribution in [0.15, 0.2) is 48.5 Å². The van der Waals surface area contributed by atoms with E-state index < -0.39 is 0 Å². The maximum atomic E-state index is 13.0. The van der Waals surface area contributed by atoms with Crippen molar-refractivity contribution in [2.45, 2.75) is 19.8 Å². The largest absolute Gasteiger partial charge is 0.426 e. The van der Waals surface area contributed by atoms with Gasteiger partial charge in [-0.2, -0.15) is 0 Å². The molecule has 3 rings (SSSR count). The van der Waals surface area contributed by atoms with E-state index in [-0.39, 0.29) is 29.4 Å². The SMILES string of the molecule is CC(=O)c1ccc(OC(=O)C2CCN(C(=O)c3ccc(F)cc3)CC2)cc1. The molecule has 1 saturated heterocycles. The highest BCUT2D eigenvalue weighted by molar-refractivity contribution is 5.94. The second-order valence-electron chi connectivity index (χ2n) is 6.58. The summed E-state index contributed by atoms with van der Waals surface area (Å²) in [5, 5.41) is 0. The van der Waals surface area contributed by atoms with Gasteiger partial charge in [-0.05, 0) is 68.3 Å². The Kier molecular flexibility index (Phi) is 5.64. The highest BCUT2D eigenvalue weighted by Crippen LogP contribution is 2.22. The van der Waals surface area contributed by atoms with Crippen LogP contribution in [0.5, 0.6) is 5.75 Å². The lowest BCUT2D eigenvalue weighted by atomic mass is 9.96. The zero-order valence-corrected chi connectivity index (χ0v) is 15.0. The molecule has 0 aromatic heterocycles. The van der Waals surface area contributed by atoms with Gasteiger partial charge in [0, 0.05) is 24.2 Å². The first-order valence-corrected chi connectivity index (χ1v) is 8.81. The molecule has 0 N–H and O–H groups in total. The molecule has 27 heavy (non-hydrogen) atoms. The Morgan fingerprint density at radius 2 is 1.48 bits per heavy atom. The number of halogens is 1. The lowest BCUT2D eigenvalue weighted by Gasteiger charge is -2.31. The number of carbonyl (C=O) groups excluding carboxylic acids is 3. The van der Waals surface area contributed by atoms with E-state index in [2.05, 4.69) is 0 Å². The maximum Gasteiger partial charge on any atom is 0.314 e. The molecule has 6 heteroatoms. The monoisotopic (exact) mass is 369 g/mol. The van der Waals surface area contributed by atoms with Crippen LogP contribution in [0.2, 0.25) is 0 Å². The first kappa shape index (κ1) is 18.8. The second-order valence-corrected chi connectivity index (χ2v) is 6.58. The smallest absolute Gasteiger partial charge is 0.314 e. The summed E-state index contributed by atoms with van der Waals surface area (Å²) in [6, 6.07) is 11.9. The van der Waals surface area contributed by atoms with Gasteiger partial charge in [0.2, 0.25) is 0 Å². The Morgan fingerprint density at radius 1 is 0.926 bits per heavy atom. The Hall–Kier alpha value is -3.02. The molecule has 2 aromatic carbocycles. The average Bonchev–Trinajstić information content (AvgIpc) is 2.68. The van der Waals surface area contributed by atoms with Gasteiger partial charge < -0.3 is 9.64 Å². The molecule has 140 valence electrons. The van der Waals surface area contributed by atoms with Crippen molar-refractivity contribution >= 4 is 17.7 Å². The van der Waals surface area contributed by atoms with Crippen LogP contribution in [0.1, 0.15) is 40.5 Å². The van der Waals surface area contributed by atoms with Crippen molar-refractivity contribution in [2.75, 3.05) is 13.1 Å². The fourth-order valence-corrected chi connectivity index (χ4v) is 3.05. The first-order chi connectivity index (χ1) is 12.9. The van der Waals surface area contributed by atoms with Crippen LogP contribution in [0.4, 0.5) is 4.39 Å². The summed E-state index contributed by atoms with van der Waals surface area (Å²) in [6.07, 6.45) is 1.02. The number of piperidine rings is 1. The van der Waals surface area contributed by atoms with Gasteiger partial charge >= 0.3 is 5.97 Å². The minimum absolute atomic E-state index is 0.0499. The Balaban J connectivity index is 1.53. The second kappa shape index (κ2) is 8.12. The number of hydrogen-bond donors (Lipinski definition) is 0. The van der Waals surface area contributed by atoms with E-state index >= 15 is 0 Å². The predicted octanol–water partition coefficient (Wildman–Crippen LogP) is 3.49. The van der Waals surface area contributed by atoms with Gasteiger partial charge in [0.05, 0.1) is 5.92 Å². The standard InChI is InChI=1S/C21H20FNO4/c1-14(24)15-4-8-19(9-5-15)27-21(26)17-10-12-23(13-11-17)20(25)16-2-6-18(22)7-3-16/h2-9,17H,10-13H2,1H3. The van der Waals surface area contributed by atoms with Crippen LogP contribution in [0.3, 0.4) is 0 Å². The van der Waals surface area contributed by atoms with E-state index in [0.717, 1.165) is 0 Å². The third kappa shape index (κ3) is 4.58. The van der Waals surface area contributed by atoms with Gasteiger partial charge in [-0.3, -0.25) is 14.4 Å². The zero-order valence-electron chi connectivity index (χ0n) is 15.0. The number of esters is 1. The number of Topliss-reactive ketones (excluding diaryl/α,β-unsaturated/α-hetero) is 1. The number of ketones is 1. The summed E-state index contributed by atoms with van der Waals surface area (Å²) in [4.78, 5) is 37.7. The van der Waals surface area contributed by atoms with Crippen molar-refractivity contribution in [3.8, 4) is 5.75 Å². The molecule has 0 saturated carbocycles. The zero-order chi connectivity index (χ0) is 19.4. The number of carbonyl (C=O) groups is 3. The van der Waals surface area contributed by atoms with E-state index in [4.69, 9.17) is 4.74 Å². The summed E-state index contributed by atoms with van der Waals surface area (Å²) >= 11 is 0. The van der Waals surface area contributed by atoms with Crippen molar-refractivity contribution < 1.29 is 23.5 Å². The van der Waals surface area contributed by atoms with E-state index in [1.54, 1.807) is 29.2 Å². The molecule has 0 radical (unpaired) electrons. The summed E-state index contributed by atoms with van der Waals surface area (Å²) in [5.74, 6) is -0.818. The topological polar surface area (TPSA) is 63.7 Å². The number of ether oxygens (including phenoxy) is 1. The van der Waals surface area contributed by atoms with Crippen LogP contribution < -0.4 is 4.74 Å². The molecular weight excluding hydrogens is 349 g/mol. The minimum Gasteiger partial charge on any atom is -0.426 e. The number of rotatable bonds is 4. The molecule has 0 aliphatic carbocycles. The summed E-state index contributed by atoms with van der Waals surface area (Å²) in [7, 11) is 0. The fraction of sp³-hybridized carbons (Fsp3) is 0.286. The van der Waals surface area contributed by atoms with Gasteiger partial charge in [0.1, 0.15) is 11.6 Å². The normalized spacial score (nSPS) is 14.7. The molecule has 0 bridgehead atoms. The third-order valence-corrected chi connectivity index (χ3v) is 4.69. The van der Waals surface area contributed by atoms with Crippen LogP contribution >= 0.6 is 0 Å². The van der Waals surface area contributed by atoms with Gasteiger partial charge in [-0.1, -0.05) is 0 Å². The highest BCUT2D eigenvalue weighted by atomic mass is 19.1. The first-order valence-electron chi connectivity index (χ1n) is 8.81. The molecule has 5 nitrogen and oxygen atoms in total. The molecule has 0 unspecified atom stereocenters. The average molecular weight is 369 g/mol. The van der Waals surface area contributed by atoms with E-state index in [1.165, 1.54) is 31.2 Å².